The molecule has 1 fully saturated rings. The molecule has 0 unspecified atom stereocenters. The molecule has 1 atom stereocenters. The second-order valence-corrected chi connectivity index (χ2v) is 7.75. The van der Waals surface area contributed by atoms with Gasteiger partial charge in [-0.25, -0.2) is 4.99 Å². The number of carbonyl (C=O) groups is 2. The molecule has 0 aromatic heterocycles. The maximum Gasteiger partial charge on any atom is 0.416 e. The van der Waals surface area contributed by atoms with Gasteiger partial charge in [-0.05, 0) is 37.3 Å². The van der Waals surface area contributed by atoms with Crippen molar-refractivity contribution in [3.8, 4) is 5.75 Å². The molecule has 10 heteroatoms. The van der Waals surface area contributed by atoms with Crippen molar-refractivity contribution in [3.63, 3.8) is 0 Å². The first-order valence-corrected chi connectivity index (χ1v) is 10.3. The molecule has 1 saturated heterocycles. The summed E-state index contributed by atoms with van der Waals surface area (Å²) in [6.45, 7) is 2.02. The summed E-state index contributed by atoms with van der Waals surface area (Å²) in [5.41, 5.74) is -0.252. The molecule has 2 aromatic rings. The number of aliphatic imine (C=N–C) groups is 1. The number of amides is 2. The van der Waals surface area contributed by atoms with E-state index in [2.05, 4.69) is 10.3 Å². The van der Waals surface area contributed by atoms with Crippen LogP contribution in [0.1, 0.15) is 18.9 Å². The van der Waals surface area contributed by atoms with Gasteiger partial charge in [-0.15, -0.1) is 0 Å². The fourth-order valence-electron chi connectivity index (χ4n) is 3.00. The highest BCUT2D eigenvalue weighted by Gasteiger charge is 2.38. The van der Waals surface area contributed by atoms with Gasteiger partial charge < -0.3 is 10.1 Å². The number of thioether (sulfide) groups is 1. The Labute approximate surface area is 181 Å². The molecule has 0 spiro atoms. The Morgan fingerprint density at radius 3 is 2.65 bits per heavy atom. The van der Waals surface area contributed by atoms with Gasteiger partial charge in [0.1, 0.15) is 11.0 Å². The first kappa shape index (κ1) is 22.7. The molecule has 2 aromatic carbocycles. The SMILES string of the molecule is CCN1C(=O)[C@H](CC(=O)Nc2ccccc2OC)SC1=Nc1cccc(C(F)(F)F)c1. The molecule has 0 radical (unpaired) electrons. The van der Waals surface area contributed by atoms with E-state index in [4.69, 9.17) is 4.74 Å². The second-order valence-electron chi connectivity index (χ2n) is 6.58. The summed E-state index contributed by atoms with van der Waals surface area (Å²) in [7, 11) is 1.48. The van der Waals surface area contributed by atoms with Crippen LogP contribution < -0.4 is 10.1 Å². The zero-order valence-corrected chi connectivity index (χ0v) is 17.6. The number of rotatable bonds is 6. The van der Waals surface area contributed by atoms with Gasteiger partial charge in [-0.1, -0.05) is 30.0 Å². The minimum absolute atomic E-state index is 0.0858. The third-order valence-electron chi connectivity index (χ3n) is 4.49. The molecule has 31 heavy (non-hydrogen) atoms. The minimum atomic E-state index is -4.49. The normalized spacial score (nSPS) is 17.8. The van der Waals surface area contributed by atoms with E-state index >= 15 is 0 Å². The van der Waals surface area contributed by atoms with Gasteiger partial charge in [-0.3, -0.25) is 14.5 Å². The maximum absolute atomic E-state index is 13.0. The highest BCUT2D eigenvalue weighted by atomic mass is 32.2. The van der Waals surface area contributed by atoms with Crippen molar-refractivity contribution in [1.29, 1.82) is 0 Å². The number of methoxy groups -OCH3 is 1. The molecular formula is C21H20F3N3O3S. The average Bonchev–Trinajstić information content (AvgIpc) is 3.01. The minimum Gasteiger partial charge on any atom is -0.495 e. The summed E-state index contributed by atoms with van der Waals surface area (Å²) in [6.07, 6.45) is -4.60. The van der Waals surface area contributed by atoms with Crippen molar-refractivity contribution < 1.29 is 27.5 Å². The number of hydrogen-bond donors (Lipinski definition) is 1. The molecular weight excluding hydrogens is 431 g/mol. The van der Waals surface area contributed by atoms with E-state index in [-0.39, 0.29) is 35.6 Å². The van der Waals surface area contributed by atoms with Gasteiger partial charge in [0.05, 0.1) is 24.0 Å². The summed E-state index contributed by atoms with van der Waals surface area (Å²) < 4.78 is 44.1. The van der Waals surface area contributed by atoms with Gasteiger partial charge >= 0.3 is 6.18 Å². The van der Waals surface area contributed by atoms with E-state index in [0.29, 0.717) is 11.4 Å². The number of amidine groups is 1. The van der Waals surface area contributed by atoms with E-state index < -0.39 is 17.0 Å². The van der Waals surface area contributed by atoms with Crippen molar-refractivity contribution in [2.24, 2.45) is 4.99 Å². The van der Waals surface area contributed by atoms with Crippen molar-refractivity contribution in [1.82, 2.24) is 4.90 Å². The molecule has 2 amide bonds. The Morgan fingerprint density at radius 1 is 1.23 bits per heavy atom. The Balaban J connectivity index is 1.75. The summed E-state index contributed by atoms with van der Waals surface area (Å²) in [5, 5.41) is 2.26. The summed E-state index contributed by atoms with van der Waals surface area (Å²) >= 11 is 1.06. The number of hydrogen-bond acceptors (Lipinski definition) is 5. The molecule has 0 bridgehead atoms. The lowest BCUT2D eigenvalue weighted by molar-refractivity contribution is -0.137. The largest absolute Gasteiger partial charge is 0.495 e. The lowest BCUT2D eigenvalue weighted by atomic mass is 10.2. The van der Waals surface area contributed by atoms with Gasteiger partial charge in [0.25, 0.3) is 0 Å². The van der Waals surface area contributed by atoms with E-state index in [1.807, 2.05) is 0 Å². The van der Waals surface area contributed by atoms with Crippen LogP contribution in [0.2, 0.25) is 0 Å². The molecule has 6 nitrogen and oxygen atoms in total. The molecule has 0 aliphatic carbocycles. The monoisotopic (exact) mass is 451 g/mol. The van der Waals surface area contributed by atoms with Crippen LogP contribution in [-0.4, -0.2) is 40.8 Å². The average molecular weight is 451 g/mol. The maximum atomic E-state index is 13.0. The van der Waals surface area contributed by atoms with Crippen molar-refractivity contribution in [3.05, 3.63) is 54.1 Å². The number of anilines is 1. The van der Waals surface area contributed by atoms with Gasteiger partial charge in [0.2, 0.25) is 11.8 Å². The molecule has 1 aliphatic rings. The Kier molecular flexibility index (Phi) is 6.89. The van der Waals surface area contributed by atoms with E-state index in [9.17, 15) is 22.8 Å². The first-order chi connectivity index (χ1) is 14.7. The molecule has 0 saturated carbocycles. The quantitative estimate of drug-likeness (QED) is 0.692. The van der Waals surface area contributed by atoms with Crippen LogP contribution in [0.4, 0.5) is 24.5 Å². The topological polar surface area (TPSA) is 71.0 Å². The Bertz CT molecular complexity index is 1010. The number of para-hydroxylation sites is 2. The number of nitrogens with zero attached hydrogens (tertiary/aromatic N) is 2. The molecule has 1 heterocycles. The number of carbonyl (C=O) groups excluding carboxylic acids is 2. The number of ether oxygens (including phenoxy) is 1. The fraction of sp³-hybridized carbons (Fsp3) is 0.286. The van der Waals surface area contributed by atoms with Crippen LogP contribution in [-0.2, 0) is 15.8 Å². The van der Waals surface area contributed by atoms with Crippen molar-refractivity contribution >= 4 is 40.1 Å². The van der Waals surface area contributed by atoms with Crippen LogP contribution in [0.3, 0.4) is 0 Å². The Morgan fingerprint density at radius 2 is 1.97 bits per heavy atom. The second kappa shape index (κ2) is 9.42. The lowest BCUT2D eigenvalue weighted by Crippen LogP contribution is -2.33. The van der Waals surface area contributed by atoms with Crippen LogP contribution in [0.25, 0.3) is 0 Å². The van der Waals surface area contributed by atoms with Crippen LogP contribution in [0.15, 0.2) is 53.5 Å². The first-order valence-electron chi connectivity index (χ1n) is 9.39. The van der Waals surface area contributed by atoms with Gasteiger partial charge in [0.15, 0.2) is 5.17 Å². The van der Waals surface area contributed by atoms with Gasteiger partial charge in [-0.2, -0.15) is 13.2 Å². The number of halogens is 3. The van der Waals surface area contributed by atoms with E-state index in [1.54, 1.807) is 31.2 Å². The van der Waals surface area contributed by atoms with E-state index in [0.717, 1.165) is 23.9 Å². The van der Waals surface area contributed by atoms with Crippen LogP contribution in [0.5, 0.6) is 5.75 Å². The number of benzene rings is 2. The summed E-state index contributed by atoms with van der Waals surface area (Å²) in [6, 6.07) is 11.5. The third kappa shape index (κ3) is 5.38. The number of nitrogens with one attached hydrogen (secondary N) is 1. The highest BCUT2D eigenvalue weighted by molar-refractivity contribution is 8.15. The van der Waals surface area contributed by atoms with Crippen molar-refractivity contribution in [2.45, 2.75) is 24.8 Å². The lowest BCUT2D eigenvalue weighted by Gasteiger charge is -2.14. The predicted octanol–water partition coefficient (Wildman–Crippen LogP) is 4.69. The Hall–Kier alpha value is -3.01. The van der Waals surface area contributed by atoms with Crippen molar-refractivity contribution in [2.75, 3.05) is 19.0 Å². The zero-order chi connectivity index (χ0) is 22.6. The standard InChI is InChI=1S/C21H20F3N3O3S/c1-3-27-19(29)17(12-18(28)26-15-9-4-5-10-16(15)30-2)31-20(27)25-14-8-6-7-13(11-14)21(22,23)24/h4-11,17H,3,12H2,1-2H3,(H,26,28)/t17-/m0/s1. The number of alkyl halides is 3. The predicted molar refractivity (Wildman–Crippen MR) is 114 cm³/mol. The third-order valence-corrected chi connectivity index (χ3v) is 5.66. The smallest absolute Gasteiger partial charge is 0.416 e. The summed E-state index contributed by atoms with van der Waals surface area (Å²) in [5.74, 6) is -0.205. The zero-order valence-electron chi connectivity index (χ0n) is 16.8. The fourth-order valence-corrected chi connectivity index (χ4v) is 4.22. The van der Waals surface area contributed by atoms with Crippen LogP contribution in [0, 0.1) is 0 Å². The molecule has 164 valence electrons. The molecule has 1 N–H and O–H groups in total. The van der Waals surface area contributed by atoms with Crippen LogP contribution >= 0.6 is 11.8 Å². The van der Waals surface area contributed by atoms with Gasteiger partial charge in [0, 0.05) is 13.0 Å². The van der Waals surface area contributed by atoms with E-state index in [1.165, 1.54) is 24.1 Å². The molecule has 3 rings (SSSR count). The summed E-state index contributed by atoms with van der Waals surface area (Å²) in [4.78, 5) is 30.8. The molecule has 1 aliphatic heterocycles. The highest BCUT2D eigenvalue weighted by Crippen LogP contribution is 2.35.